The number of nitrogens with one attached hydrogen (secondary N) is 1. The summed E-state index contributed by atoms with van der Waals surface area (Å²) in [5.41, 5.74) is 0. The fourth-order valence-electron chi connectivity index (χ4n) is 2.65. The highest BCUT2D eigenvalue weighted by molar-refractivity contribution is 5.73. The summed E-state index contributed by atoms with van der Waals surface area (Å²) in [6, 6.07) is -0.131. The lowest BCUT2D eigenvalue weighted by atomic mass is 9.87. The largest absolute Gasteiger partial charge is 0.392 e. The first-order chi connectivity index (χ1) is 8.91. The number of ether oxygens (including phenoxy) is 1. The molecule has 3 unspecified atom stereocenters. The number of nitrogens with zero attached hydrogens (tertiary/aromatic N) is 1. The van der Waals surface area contributed by atoms with Crippen LogP contribution < -0.4 is 5.32 Å². The lowest BCUT2D eigenvalue weighted by Crippen LogP contribution is -2.46. The molecule has 0 aromatic rings. The van der Waals surface area contributed by atoms with Gasteiger partial charge in [-0.05, 0) is 25.7 Å². The molecule has 2 amide bonds. The van der Waals surface area contributed by atoms with Gasteiger partial charge in [-0.15, -0.1) is 0 Å². The highest BCUT2D eigenvalue weighted by atomic mass is 16.5. The van der Waals surface area contributed by atoms with Crippen molar-refractivity contribution in [2.24, 2.45) is 11.8 Å². The Hall–Kier alpha value is -0.810. The number of urea groups is 1. The van der Waals surface area contributed by atoms with Crippen LogP contribution >= 0.6 is 0 Å². The summed E-state index contributed by atoms with van der Waals surface area (Å²) in [6.07, 6.45) is 1.89. The van der Waals surface area contributed by atoms with Crippen LogP contribution in [-0.4, -0.2) is 55.0 Å². The predicted molar refractivity (Wildman–Crippen MR) is 75.0 cm³/mol. The average molecular weight is 272 g/mol. The van der Waals surface area contributed by atoms with Crippen LogP contribution in [0.2, 0.25) is 0 Å². The molecule has 0 bridgehead atoms. The first-order valence-corrected chi connectivity index (χ1v) is 7.20. The second-order valence-corrected chi connectivity index (χ2v) is 5.90. The third-order valence-corrected chi connectivity index (χ3v) is 3.55. The van der Waals surface area contributed by atoms with E-state index in [9.17, 15) is 9.90 Å². The molecular weight excluding hydrogens is 244 g/mol. The minimum atomic E-state index is -0.503. The van der Waals surface area contributed by atoms with E-state index in [2.05, 4.69) is 19.2 Å². The molecule has 0 aliphatic carbocycles. The summed E-state index contributed by atoms with van der Waals surface area (Å²) in [6.45, 7) is 7.81. The van der Waals surface area contributed by atoms with Crippen LogP contribution in [0.5, 0.6) is 0 Å². The monoisotopic (exact) mass is 272 g/mol. The Balaban J connectivity index is 2.39. The first-order valence-electron chi connectivity index (χ1n) is 7.20. The Bertz CT molecular complexity index is 282. The minimum absolute atomic E-state index is 0.131. The third kappa shape index (κ3) is 5.37. The van der Waals surface area contributed by atoms with Gasteiger partial charge in [-0.2, -0.15) is 0 Å². The molecule has 1 aliphatic heterocycles. The van der Waals surface area contributed by atoms with E-state index in [4.69, 9.17) is 4.74 Å². The molecule has 1 aliphatic rings. The highest BCUT2D eigenvalue weighted by Crippen LogP contribution is 2.25. The summed E-state index contributed by atoms with van der Waals surface area (Å²) < 4.78 is 5.80. The van der Waals surface area contributed by atoms with Crippen molar-refractivity contribution in [1.82, 2.24) is 10.2 Å². The number of hydrogen-bond acceptors (Lipinski definition) is 3. The fraction of sp³-hybridized carbons (Fsp3) is 0.929. The number of amides is 2. The quantitative estimate of drug-likeness (QED) is 0.796. The van der Waals surface area contributed by atoms with Crippen molar-refractivity contribution in [3.05, 3.63) is 0 Å². The third-order valence-electron chi connectivity index (χ3n) is 3.55. The van der Waals surface area contributed by atoms with Gasteiger partial charge in [0.15, 0.2) is 0 Å². The van der Waals surface area contributed by atoms with Gasteiger partial charge in [-0.25, -0.2) is 4.79 Å². The van der Waals surface area contributed by atoms with Gasteiger partial charge in [0.2, 0.25) is 0 Å². The van der Waals surface area contributed by atoms with Gasteiger partial charge in [0.1, 0.15) is 0 Å². The molecule has 1 saturated heterocycles. The molecule has 0 radical (unpaired) electrons. The van der Waals surface area contributed by atoms with Gasteiger partial charge in [0, 0.05) is 32.7 Å². The van der Waals surface area contributed by atoms with Crippen molar-refractivity contribution < 1.29 is 14.6 Å². The molecule has 5 heteroatoms. The van der Waals surface area contributed by atoms with E-state index in [1.165, 1.54) is 4.90 Å². The van der Waals surface area contributed by atoms with Crippen LogP contribution in [-0.2, 0) is 4.74 Å². The maximum atomic E-state index is 11.9. The van der Waals surface area contributed by atoms with Crippen molar-refractivity contribution in [2.45, 2.75) is 45.8 Å². The van der Waals surface area contributed by atoms with Crippen LogP contribution in [0.3, 0.4) is 0 Å². The number of rotatable bonds is 5. The molecule has 19 heavy (non-hydrogen) atoms. The van der Waals surface area contributed by atoms with Crippen LogP contribution in [0.4, 0.5) is 4.79 Å². The molecule has 1 heterocycles. The summed E-state index contributed by atoms with van der Waals surface area (Å²) in [7, 11) is 1.69. The van der Waals surface area contributed by atoms with Gasteiger partial charge in [-0.1, -0.05) is 13.8 Å². The van der Waals surface area contributed by atoms with E-state index < -0.39 is 6.10 Å². The zero-order valence-electron chi connectivity index (χ0n) is 12.6. The van der Waals surface area contributed by atoms with Crippen LogP contribution in [0.1, 0.15) is 33.6 Å². The Morgan fingerprint density at radius 1 is 1.47 bits per heavy atom. The molecular formula is C14H28N2O3. The number of aliphatic hydroxyl groups is 1. The van der Waals surface area contributed by atoms with Crippen molar-refractivity contribution in [3.63, 3.8) is 0 Å². The first kappa shape index (κ1) is 16.2. The predicted octanol–water partition coefficient (Wildman–Crippen LogP) is 1.46. The van der Waals surface area contributed by atoms with Gasteiger partial charge in [-0.3, -0.25) is 0 Å². The van der Waals surface area contributed by atoms with Gasteiger partial charge >= 0.3 is 6.03 Å². The second kappa shape index (κ2) is 7.70. The van der Waals surface area contributed by atoms with E-state index >= 15 is 0 Å². The van der Waals surface area contributed by atoms with Gasteiger partial charge < -0.3 is 20.1 Å². The molecule has 3 atom stereocenters. The summed E-state index contributed by atoms with van der Waals surface area (Å²) >= 11 is 0. The van der Waals surface area contributed by atoms with Crippen molar-refractivity contribution >= 4 is 6.03 Å². The lowest BCUT2D eigenvalue weighted by Gasteiger charge is -2.35. The van der Waals surface area contributed by atoms with Crippen LogP contribution in [0, 0.1) is 11.8 Å². The molecule has 0 spiro atoms. The van der Waals surface area contributed by atoms with Crippen molar-refractivity contribution in [2.75, 3.05) is 26.7 Å². The van der Waals surface area contributed by atoms with Crippen LogP contribution in [0.15, 0.2) is 0 Å². The zero-order chi connectivity index (χ0) is 14.4. The normalized spacial score (nSPS) is 25.2. The second-order valence-electron chi connectivity index (χ2n) is 5.90. The molecule has 5 nitrogen and oxygen atoms in total. The smallest absolute Gasteiger partial charge is 0.317 e. The highest BCUT2D eigenvalue weighted by Gasteiger charge is 2.28. The summed E-state index contributed by atoms with van der Waals surface area (Å²) in [5, 5.41) is 12.2. The topological polar surface area (TPSA) is 61.8 Å². The average Bonchev–Trinajstić information content (AvgIpc) is 2.35. The molecule has 112 valence electrons. The molecule has 0 aromatic carbocycles. The Morgan fingerprint density at radius 2 is 2.16 bits per heavy atom. The van der Waals surface area contributed by atoms with Crippen LogP contribution in [0.25, 0.3) is 0 Å². The molecule has 0 saturated carbocycles. The minimum Gasteiger partial charge on any atom is -0.392 e. The molecule has 2 N–H and O–H groups in total. The standard InChI is InChI=1S/C14H28N2O3/c1-10(2)13-12(6-5-7-19-13)8-15-14(18)16(4)9-11(3)17/h10-13,17H,5-9H2,1-4H3,(H,15,18). The number of hydrogen-bond donors (Lipinski definition) is 2. The van der Waals surface area contributed by atoms with Gasteiger partial charge in [0.25, 0.3) is 0 Å². The maximum Gasteiger partial charge on any atom is 0.317 e. The Morgan fingerprint density at radius 3 is 2.74 bits per heavy atom. The van der Waals surface area contributed by atoms with Crippen molar-refractivity contribution in [3.8, 4) is 0 Å². The number of aliphatic hydroxyl groups excluding tert-OH is 1. The SMILES string of the molecule is CC(O)CN(C)C(=O)NCC1CCCOC1C(C)C. The summed E-state index contributed by atoms with van der Waals surface area (Å²) in [4.78, 5) is 13.4. The van der Waals surface area contributed by atoms with E-state index in [1.807, 2.05) is 0 Å². The number of carbonyl (C=O) groups excluding carboxylic acids is 1. The lowest BCUT2D eigenvalue weighted by molar-refractivity contribution is -0.0510. The fourth-order valence-corrected chi connectivity index (χ4v) is 2.65. The Labute approximate surface area is 116 Å². The Kier molecular flexibility index (Phi) is 6.58. The number of likely N-dealkylation sites (N-methyl/N-ethyl adjacent to an activating group) is 1. The molecule has 1 fully saturated rings. The van der Waals surface area contributed by atoms with Crippen molar-refractivity contribution in [1.29, 1.82) is 0 Å². The van der Waals surface area contributed by atoms with E-state index in [0.29, 0.717) is 24.9 Å². The summed E-state index contributed by atoms with van der Waals surface area (Å²) in [5.74, 6) is 0.857. The zero-order valence-corrected chi connectivity index (χ0v) is 12.6. The maximum absolute atomic E-state index is 11.9. The molecule has 0 aromatic heterocycles. The van der Waals surface area contributed by atoms with E-state index in [-0.39, 0.29) is 12.1 Å². The number of carbonyl (C=O) groups is 1. The van der Waals surface area contributed by atoms with E-state index in [1.54, 1.807) is 14.0 Å². The molecule has 1 rings (SSSR count). The van der Waals surface area contributed by atoms with E-state index in [0.717, 1.165) is 19.4 Å². The van der Waals surface area contributed by atoms with Gasteiger partial charge in [0.05, 0.1) is 12.2 Å².